The number of alkyl halides is 3. The van der Waals surface area contributed by atoms with Gasteiger partial charge in [0.2, 0.25) is 0 Å². The van der Waals surface area contributed by atoms with Crippen LogP contribution in [0.1, 0.15) is 0 Å². The summed E-state index contributed by atoms with van der Waals surface area (Å²) in [5.74, 6) is -2.00. The summed E-state index contributed by atoms with van der Waals surface area (Å²) in [4.78, 5) is 11.5. The first-order valence-corrected chi connectivity index (χ1v) is 5.93. The summed E-state index contributed by atoms with van der Waals surface area (Å²) in [6.45, 7) is 0. The quantitative estimate of drug-likeness (QED) is 0.857. The van der Waals surface area contributed by atoms with Crippen LogP contribution in [0.5, 0.6) is 11.5 Å². The number of rotatable bonds is 3. The van der Waals surface area contributed by atoms with Gasteiger partial charge in [-0.05, 0) is 24.3 Å². The highest BCUT2D eigenvalue weighted by Gasteiger charge is 2.32. The Kier molecular flexibility index (Phi) is 4.50. The molecule has 4 nitrogen and oxygen atoms in total. The van der Waals surface area contributed by atoms with Crippen LogP contribution < -0.4 is 14.8 Å². The first-order valence-electron chi connectivity index (χ1n) is 5.93. The smallest absolute Gasteiger partial charge is 0.410 e. The number of carbonyl (C=O) groups excluding carboxylic acids is 1. The van der Waals surface area contributed by atoms with Crippen LogP contribution >= 0.6 is 0 Å². The van der Waals surface area contributed by atoms with E-state index >= 15 is 0 Å². The van der Waals surface area contributed by atoms with Gasteiger partial charge in [0.15, 0.2) is 11.6 Å². The molecule has 0 aliphatic carbocycles. The molecule has 0 heterocycles. The van der Waals surface area contributed by atoms with Gasteiger partial charge in [0.1, 0.15) is 5.75 Å². The van der Waals surface area contributed by atoms with Gasteiger partial charge in [0, 0.05) is 11.8 Å². The van der Waals surface area contributed by atoms with E-state index in [0.717, 1.165) is 12.1 Å². The monoisotopic (exact) mass is 315 g/mol. The predicted molar refractivity (Wildman–Crippen MR) is 69.2 cm³/mol. The number of anilines is 1. The second-order valence-corrected chi connectivity index (χ2v) is 4.02. The van der Waals surface area contributed by atoms with Crippen molar-refractivity contribution in [2.24, 2.45) is 0 Å². The fourth-order valence-corrected chi connectivity index (χ4v) is 1.52. The lowest BCUT2D eigenvalue weighted by molar-refractivity contribution is -0.275. The lowest BCUT2D eigenvalue weighted by Crippen LogP contribution is -2.19. The molecular weight excluding hydrogens is 306 g/mol. The van der Waals surface area contributed by atoms with E-state index in [9.17, 15) is 22.4 Å². The van der Waals surface area contributed by atoms with E-state index in [2.05, 4.69) is 10.1 Å². The number of para-hydroxylation sites is 1. The topological polar surface area (TPSA) is 47.6 Å². The van der Waals surface area contributed by atoms with E-state index in [-0.39, 0.29) is 11.4 Å². The van der Waals surface area contributed by atoms with Crippen LogP contribution in [-0.2, 0) is 0 Å². The maximum absolute atomic E-state index is 13.4. The van der Waals surface area contributed by atoms with Crippen molar-refractivity contribution in [1.29, 1.82) is 0 Å². The van der Waals surface area contributed by atoms with E-state index < -0.39 is 24.0 Å². The highest BCUT2D eigenvalue weighted by molar-refractivity contribution is 5.86. The molecule has 116 valence electrons. The van der Waals surface area contributed by atoms with Gasteiger partial charge in [-0.2, -0.15) is 0 Å². The van der Waals surface area contributed by atoms with Crippen LogP contribution in [0.4, 0.5) is 28.0 Å². The summed E-state index contributed by atoms with van der Waals surface area (Å²) >= 11 is 0. The van der Waals surface area contributed by atoms with Gasteiger partial charge in [0.25, 0.3) is 0 Å². The maximum Gasteiger partial charge on any atom is 0.573 e. The Morgan fingerprint density at radius 3 is 2.32 bits per heavy atom. The summed E-state index contributed by atoms with van der Waals surface area (Å²) in [7, 11) is 0. The third-order valence-corrected chi connectivity index (χ3v) is 2.36. The fourth-order valence-electron chi connectivity index (χ4n) is 1.52. The van der Waals surface area contributed by atoms with Crippen molar-refractivity contribution in [3.63, 3.8) is 0 Å². The van der Waals surface area contributed by atoms with Crippen molar-refractivity contribution in [2.75, 3.05) is 5.32 Å². The zero-order valence-electron chi connectivity index (χ0n) is 10.9. The van der Waals surface area contributed by atoms with E-state index in [1.54, 1.807) is 18.2 Å². The van der Waals surface area contributed by atoms with E-state index in [1.165, 1.54) is 12.1 Å². The van der Waals surface area contributed by atoms with Gasteiger partial charge in [-0.3, -0.25) is 5.32 Å². The molecule has 0 saturated carbocycles. The Labute approximate surface area is 122 Å². The summed E-state index contributed by atoms with van der Waals surface area (Å²) in [5.41, 5.74) is -0.0760. The molecule has 1 amide bonds. The fraction of sp³-hybridized carbons (Fsp3) is 0.0714. The summed E-state index contributed by atoms with van der Waals surface area (Å²) in [6.07, 6.45) is -5.91. The maximum atomic E-state index is 13.4. The molecule has 0 bridgehead atoms. The number of halogens is 4. The minimum absolute atomic E-state index is 0.0760. The van der Waals surface area contributed by atoms with Crippen LogP contribution in [0.15, 0.2) is 48.5 Å². The number of hydrogen-bond acceptors (Lipinski definition) is 3. The zero-order valence-corrected chi connectivity index (χ0v) is 10.9. The summed E-state index contributed by atoms with van der Waals surface area (Å²) in [6, 6.07) is 10.6. The molecule has 1 N–H and O–H groups in total. The highest BCUT2D eigenvalue weighted by Crippen LogP contribution is 2.27. The van der Waals surface area contributed by atoms with Crippen molar-refractivity contribution < 1.29 is 31.8 Å². The van der Waals surface area contributed by atoms with Crippen molar-refractivity contribution in [2.45, 2.75) is 6.36 Å². The molecule has 0 atom stereocenters. The van der Waals surface area contributed by atoms with Gasteiger partial charge < -0.3 is 9.47 Å². The molecule has 0 saturated heterocycles. The number of nitrogens with one attached hydrogen (secondary N) is 1. The molecule has 0 unspecified atom stereocenters. The van der Waals surface area contributed by atoms with Gasteiger partial charge >= 0.3 is 12.5 Å². The van der Waals surface area contributed by atoms with Crippen LogP contribution in [0.2, 0.25) is 0 Å². The average Bonchev–Trinajstić information content (AvgIpc) is 2.41. The second-order valence-electron chi connectivity index (χ2n) is 4.02. The van der Waals surface area contributed by atoms with E-state index in [1.807, 2.05) is 0 Å². The van der Waals surface area contributed by atoms with Crippen molar-refractivity contribution in [3.05, 3.63) is 54.3 Å². The lowest BCUT2D eigenvalue weighted by Gasteiger charge is -2.11. The largest absolute Gasteiger partial charge is 0.573 e. The summed E-state index contributed by atoms with van der Waals surface area (Å²) in [5, 5.41) is 2.18. The molecule has 2 rings (SSSR count). The predicted octanol–water partition coefficient (Wildman–Crippen LogP) is 4.34. The van der Waals surface area contributed by atoms with Crippen LogP contribution in [-0.4, -0.2) is 12.5 Å². The zero-order chi connectivity index (χ0) is 16.2. The molecule has 2 aromatic carbocycles. The molecule has 8 heteroatoms. The van der Waals surface area contributed by atoms with Gasteiger partial charge in [-0.25, -0.2) is 9.18 Å². The Balaban J connectivity index is 2.01. The van der Waals surface area contributed by atoms with Gasteiger partial charge in [-0.1, -0.05) is 18.2 Å². The summed E-state index contributed by atoms with van der Waals surface area (Å²) < 4.78 is 57.8. The number of ether oxygens (including phenoxy) is 2. The van der Waals surface area contributed by atoms with Crippen molar-refractivity contribution in [3.8, 4) is 11.5 Å². The number of carbonyl (C=O) groups is 1. The second kappa shape index (κ2) is 6.33. The number of benzene rings is 2. The third-order valence-electron chi connectivity index (χ3n) is 2.36. The van der Waals surface area contributed by atoms with E-state index in [4.69, 9.17) is 4.74 Å². The van der Waals surface area contributed by atoms with Crippen molar-refractivity contribution >= 4 is 11.8 Å². The minimum atomic E-state index is -5.00. The van der Waals surface area contributed by atoms with E-state index in [0.29, 0.717) is 6.07 Å². The molecule has 0 aliphatic heterocycles. The Hall–Kier alpha value is -2.77. The molecule has 0 fully saturated rings. The molecule has 2 aromatic rings. The number of amides is 1. The molecule has 0 radical (unpaired) electrons. The van der Waals surface area contributed by atoms with Gasteiger partial charge in [-0.15, -0.1) is 13.2 Å². The van der Waals surface area contributed by atoms with Crippen molar-refractivity contribution in [1.82, 2.24) is 0 Å². The Morgan fingerprint density at radius 2 is 1.73 bits per heavy atom. The van der Waals surface area contributed by atoms with Crippen LogP contribution in [0, 0.1) is 5.82 Å². The Bertz CT molecular complexity index is 659. The average molecular weight is 315 g/mol. The molecule has 0 aromatic heterocycles. The highest BCUT2D eigenvalue weighted by atomic mass is 19.4. The Morgan fingerprint density at radius 1 is 1.05 bits per heavy atom. The van der Waals surface area contributed by atoms with Gasteiger partial charge in [0.05, 0.1) is 0 Å². The normalized spacial score (nSPS) is 10.9. The molecule has 0 aliphatic rings. The molecule has 22 heavy (non-hydrogen) atoms. The molecular formula is C14H9F4NO3. The third kappa shape index (κ3) is 4.65. The SMILES string of the molecule is O=C(Nc1ccc(OC(F)(F)F)c(F)c1)Oc1ccccc1. The first kappa shape index (κ1) is 15.6. The number of hydrogen-bond donors (Lipinski definition) is 1. The molecule has 0 spiro atoms. The minimum Gasteiger partial charge on any atom is -0.410 e. The standard InChI is InChI=1S/C14H9F4NO3/c15-11-8-9(6-7-12(11)22-14(16,17)18)19-13(20)21-10-4-2-1-3-5-10/h1-8H,(H,19,20). The van der Waals surface area contributed by atoms with Crippen LogP contribution in [0.3, 0.4) is 0 Å². The first-order chi connectivity index (χ1) is 10.3. The lowest BCUT2D eigenvalue weighted by atomic mass is 10.3. The van der Waals surface area contributed by atoms with Crippen LogP contribution in [0.25, 0.3) is 0 Å².